The molecule has 3 N–H and O–H groups in total. The second-order valence-electron chi connectivity index (χ2n) is 1.23. The Morgan fingerprint density at radius 3 is 2.00 bits per heavy atom. The number of hydrogen-bond donors (Lipinski definition) is 3. The van der Waals surface area contributed by atoms with E-state index >= 15 is 0 Å². The van der Waals surface area contributed by atoms with Crippen LogP contribution in [0.15, 0.2) is 12.7 Å². The van der Waals surface area contributed by atoms with E-state index in [4.69, 9.17) is 19.2 Å². The van der Waals surface area contributed by atoms with Crippen molar-refractivity contribution in [2.45, 2.75) is 0 Å². The maximum absolute atomic E-state index is 9.50. The molecule has 0 fully saturated rings. The Hall–Kier alpha value is -0.0175. The maximum atomic E-state index is 9.50. The zero-order valence-corrected chi connectivity index (χ0v) is 7.63. The summed E-state index contributed by atoms with van der Waals surface area (Å²) in [5.74, 6) is 0. The van der Waals surface area contributed by atoms with Crippen molar-refractivity contribution in [2.75, 3.05) is 6.61 Å². The Kier molecular flexibility index (Phi) is 9.97. The van der Waals surface area contributed by atoms with Crippen molar-refractivity contribution in [3.8, 4) is 0 Å². The molecule has 0 rings (SSSR count). The third-order valence-electron chi connectivity index (χ3n) is 0.282. The van der Waals surface area contributed by atoms with Crippen molar-refractivity contribution >= 4 is 23.3 Å². The SMILES string of the molecule is C=CC[O][Al]=[O].O=P(O)(O)O. The van der Waals surface area contributed by atoms with Crippen LogP contribution in [0.25, 0.3) is 0 Å². The van der Waals surface area contributed by atoms with Crippen molar-refractivity contribution in [3.63, 3.8) is 0 Å². The molecule has 0 atom stereocenters. The number of phosphoric acid groups is 1. The van der Waals surface area contributed by atoms with E-state index in [-0.39, 0.29) is 0 Å². The molecule has 11 heavy (non-hydrogen) atoms. The third kappa shape index (κ3) is 71.5. The summed E-state index contributed by atoms with van der Waals surface area (Å²) in [6.45, 7) is 3.75. The molecule has 0 spiro atoms. The quantitative estimate of drug-likeness (QED) is 0.238. The zero-order chi connectivity index (χ0) is 9.33. The zero-order valence-electron chi connectivity index (χ0n) is 5.58. The van der Waals surface area contributed by atoms with Gasteiger partial charge < -0.3 is 14.7 Å². The summed E-state index contributed by atoms with van der Waals surface area (Å²) in [7, 11) is -4.64. The molecule has 0 amide bonds. The summed E-state index contributed by atoms with van der Waals surface area (Å²) < 4.78 is 22.8. The fourth-order valence-corrected chi connectivity index (χ4v) is 0.322. The van der Waals surface area contributed by atoms with Crippen LogP contribution in [-0.4, -0.2) is 36.8 Å². The molecule has 0 aliphatic carbocycles. The van der Waals surface area contributed by atoms with Crippen LogP contribution in [0.5, 0.6) is 0 Å². The average Bonchev–Trinajstić information content (AvgIpc) is 1.79. The first-order valence-electron chi connectivity index (χ1n) is 2.36. The topological polar surface area (TPSA) is 104 Å². The Bertz CT molecular complexity index is 136. The second kappa shape index (κ2) is 8.08. The van der Waals surface area contributed by atoms with E-state index in [1.165, 1.54) is 0 Å². The van der Waals surface area contributed by atoms with Gasteiger partial charge in [-0.25, -0.2) is 4.57 Å². The van der Waals surface area contributed by atoms with E-state index < -0.39 is 23.3 Å². The molecular formula is C3H8AlO6P. The standard InChI is InChI=1S/C3H5O.Al.H3O4P.O/c1-2-3-4;;1-5(2,3)4;/h2H,1,3H2;;(H3,1,2,3,4);/q-1;+1;;. The van der Waals surface area contributed by atoms with Crippen LogP contribution in [0.4, 0.5) is 0 Å². The van der Waals surface area contributed by atoms with Gasteiger partial charge in [0, 0.05) is 0 Å². The van der Waals surface area contributed by atoms with Gasteiger partial charge in [0.15, 0.2) is 0 Å². The minimum atomic E-state index is -4.64. The van der Waals surface area contributed by atoms with Crippen molar-refractivity contribution in [1.29, 1.82) is 0 Å². The van der Waals surface area contributed by atoms with E-state index in [2.05, 4.69) is 10.4 Å². The van der Waals surface area contributed by atoms with Crippen molar-refractivity contribution in [1.82, 2.24) is 0 Å². The average molecular weight is 198 g/mol. The summed E-state index contributed by atoms with van der Waals surface area (Å²) in [5.41, 5.74) is 0. The Morgan fingerprint density at radius 2 is 1.91 bits per heavy atom. The molecule has 0 aliphatic rings. The summed E-state index contributed by atoms with van der Waals surface area (Å²) >= 11 is -1.04. The summed E-state index contributed by atoms with van der Waals surface area (Å²) in [6, 6.07) is 0. The molecule has 0 bridgehead atoms. The molecule has 0 aromatic carbocycles. The molecule has 6 nitrogen and oxygen atoms in total. The summed E-state index contributed by atoms with van der Waals surface area (Å²) in [4.78, 5) is 21.6. The molecule has 0 aromatic heterocycles. The van der Waals surface area contributed by atoms with E-state index in [9.17, 15) is 3.80 Å². The van der Waals surface area contributed by atoms with Gasteiger partial charge in [0.2, 0.25) is 0 Å². The minimum absolute atomic E-state index is 0.402. The van der Waals surface area contributed by atoms with Gasteiger partial charge >= 0.3 is 50.2 Å². The molecule has 0 heterocycles. The Balaban J connectivity index is 0. The van der Waals surface area contributed by atoms with Gasteiger partial charge in [-0.3, -0.25) is 0 Å². The third-order valence-corrected chi connectivity index (χ3v) is 0.611. The maximum Gasteiger partial charge on any atom is 0.466 e. The van der Waals surface area contributed by atoms with Gasteiger partial charge in [-0.2, -0.15) is 0 Å². The first-order valence-corrected chi connectivity index (χ1v) is 4.87. The molecule has 8 heteroatoms. The molecule has 0 aromatic rings. The van der Waals surface area contributed by atoms with E-state index in [1.807, 2.05) is 0 Å². The molecular weight excluding hydrogens is 190 g/mol. The van der Waals surface area contributed by atoms with Crippen molar-refractivity contribution in [2.24, 2.45) is 0 Å². The molecule has 0 radical (unpaired) electrons. The van der Waals surface area contributed by atoms with Gasteiger partial charge in [0.1, 0.15) is 0 Å². The smallest absolute Gasteiger partial charge is 0.303 e. The molecule has 0 saturated heterocycles. The van der Waals surface area contributed by atoms with Gasteiger partial charge in [-0.15, -0.1) is 0 Å². The van der Waals surface area contributed by atoms with E-state index in [0.717, 1.165) is 0 Å². The molecule has 64 valence electrons. The Morgan fingerprint density at radius 1 is 1.55 bits per heavy atom. The molecule has 0 unspecified atom stereocenters. The number of hydrogen-bond acceptors (Lipinski definition) is 3. The van der Waals surface area contributed by atoms with Gasteiger partial charge in [-0.1, -0.05) is 0 Å². The molecule has 0 saturated carbocycles. The predicted octanol–water partition coefficient (Wildman–Crippen LogP) is -0.775. The minimum Gasteiger partial charge on any atom is -0.303 e. The van der Waals surface area contributed by atoms with E-state index in [0.29, 0.717) is 6.61 Å². The molecule has 0 aliphatic heterocycles. The predicted molar refractivity (Wildman–Crippen MR) is 36.9 cm³/mol. The van der Waals surface area contributed by atoms with Crippen LogP contribution in [0.2, 0.25) is 0 Å². The normalized spacial score (nSPS) is 8.64. The van der Waals surface area contributed by atoms with Gasteiger partial charge in [0.05, 0.1) is 0 Å². The van der Waals surface area contributed by atoms with Crippen molar-refractivity contribution < 1.29 is 26.8 Å². The monoisotopic (exact) mass is 198 g/mol. The Labute approximate surface area is 70.0 Å². The van der Waals surface area contributed by atoms with Gasteiger partial charge in [0.25, 0.3) is 0 Å². The van der Waals surface area contributed by atoms with E-state index in [1.54, 1.807) is 6.08 Å². The van der Waals surface area contributed by atoms with Crippen LogP contribution in [-0.2, 0) is 12.2 Å². The van der Waals surface area contributed by atoms with Gasteiger partial charge in [-0.05, 0) is 0 Å². The summed E-state index contributed by atoms with van der Waals surface area (Å²) in [6.07, 6.45) is 1.56. The van der Waals surface area contributed by atoms with Crippen LogP contribution in [0.3, 0.4) is 0 Å². The van der Waals surface area contributed by atoms with Crippen LogP contribution in [0.1, 0.15) is 0 Å². The first kappa shape index (κ1) is 13.6. The van der Waals surface area contributed by atoms with Crippen LogP contribution < -0.4 is 0 Å². The summed E-state index contributed by atoms with van der Waals surface area (Å²) in [5, 5.41) is 0. The number of rotatable bonds is 3. The van der Waals surface area contributed by atoms with Crippen molar-refractivity contribution in [3.05, 3.63) is 12.7 Å². The van der Waals surface area contributed by atoms with Crippen LogP contribution in [0, 0.1) is 0 Å². The largest absolute Gasteiger partial charge is 0.466 e. The fraction of sp³-hybridized carbons (Fsp3) is 0.333. The fourth-order valence-electron chi connectivity index (χ4n) is 0.107. The van der Waals surface area contributed by atoms with Crippen LogP contribution >= 0.6 is 7.82 Å². The second-order valence-corrected chi connectivity index (χ2v) is 2.78. The first-order chi connectivity index (χ1) is 4.91.